The molecule has 0 unspecified atom stereocenters. The van der Waals surface area contributed by atoms with E-state index < -0.39 is 0 Å². The molecule has 2 rings (SSSR count). The first-order valence-corrected chi connectivity index (χ1v) is 7.23. The molecule has 0 bridgehead atoms. The van der Waals surface area contributed by atoms with Gasteiger partial charge in [-0.2, -0.15) is 0 Å². The van der Waals surface area contributed by atoms with E-state index in [1.165, 1.54) is 0 Å². The summed E-state index contributed by atoms with van der Waals surface area (Å²) in [7, 11) is 0. The Hall–Kier alpha value is -2.36. The Kier molecular flexibility index (Phi) is 4.93. The molecule has 1 N–H and O–H groups in total. The fourth-order valence-corrected chi connectivity index (χ4v) is 2.21. The maximum Gasteiger partial charge on any atom is 0.256 e. The zero-order chi connectivity index (χ0) is 15.2. The Morgan fingerprint density at radius 2 is 1.95 bits per heavy atom. The molecule has 4 heteroatoms. The Morgan fingerprint density at radius 3 is 2.52 bits per heavy atom. The van der Waals surface area contributed by atoms with E-state index in [-0.39, 0.29) is 5.91 Å². The minimum atomic E-state index is -0.137. The summed E-state index contributed by atoms with van der Waals surface area (Å²) in [6.45, 7) is 8.06. The van der Waals surface area contributed by atoms with Gasteiger partial charge in [-0.1, -0.05) is 17.7 Å². The van der Waals surface area contributed by atoms with Crippen LogP contribution in [-0.2, 0) is 0 Å². The number of anilines is 2. The third-order valence-corrected chi connectivity index (χ3v) is 3.40. The molecule has 1 amide bonds. The number of carbonyl (C=O) groups excluding carboxylic acids is 1. The van der Waals surface area contributed by atoms with Crippen molar-refractivity contribution >= 4 is 17.4 Å². The predicted molar refractivity (Wildman–Crippen MR) is 86.9 cm³/mol. The lowest BCUT2D eigenvalue weighted by Gasteiger charge is -2.20. The number of hydrogen-bond acceptors (Lipinski definition) is 3. The van der Waals surface area contributed by atoms with E-state index in [1.807, 2.05) is 37.3 Å². The first-order valence-electron chi connectivity index (χ1n) is 7.23. The zero-order valence-corrected chi connectivity index (χ0v) is 12.8. The van der Waals surface area contributed by atoms with Crippen LogP contribution in [0.2, 0.25) is 0 Å². The van der Waals surface area contributed by atoms with E-state index in [1.54, 1.807) is 12.3 Å². The quantitative estimate of drug-likeness (QED) is 0.913. The van der Waals surface area contributed by atoms with Crippen LogP contribution >= 0.6 is 0 Å². The fraction of sp³-hybridized carbons (Fsp3) is 0.294. The number of benzene rings is 1. The molecule has 1 heterocycles. The number of nitrogens with one attached hydrogen (secondary N) is 1. The first kappa shape index (κ1) is 15.0. The van der Waals surface area contributed by atoms with Crippen LogP contribution in [0.4, 0.5) is 11.5 Å². The molecule has 0 radical (unpaired) electrons. The van der Waals surface area contributed by atoms with Crippen LogP contribution in [0.1, 0.15) is 29.8 Å². The van der Waals surface area contributed by atoms with Crippen LogP contribution in [-0.4, -0.2) is 24.0 Å². The van der Waals surface area contributed by atoms with Gasteiger partial charge in [0.05, 0.1) is 11.9 Å². The van der Waals surface area contributed by atoms with E-state index in [4.69, 9.17) is 0 Å². The predicted octanol–water partition coefficient (Wildman–Crippen LogP) is 3.49. The highest BCUT2D eigenvalue weighted by molar-refractivity contribution is 6.03. The van der Waals surface area contributed by atoms with Crippen molar-refractivity contribution in [1.29, 1.82) is 0 Å². The van der Waals surface area contributed by atoms with Crippen molar-refractivity contribution in [3.63, 3.8) is 0 Å². The number of amides is 1. The molecular weight excluding hydrogens is 262 g/mol. The van der Waals surface area contributed by atoms with Crippen LogP contribution in [0.25, 0.3) is 0 Å². The Bertz CT molecular complexity index is 604. The van der Waals surface area contributed by atoms with Crippen molar-refractivity contribution in [2.45, 2.75) is 20.8 Å². The Balaban J connectivity index is 2.08. The molecule has 2 aromatic rings. The molecule has 1 aromatic carbocycles. The van der Waals surface area contributed by atoms with Crippen molar-refractivity contribution in [2.24, 2.45) is 0 Å². The maximum absolute atomic E-state index is 12.1. The van der Waals surface area contributed by atoms with E-state index in [9.17, 15) is 4.79 Å². The van der Waals surface area contributed by atoms with Gasteiger partial charge in [-0.3, -0.25) is 4.79 Å². The highest BCUT2D eigenvalue weighted by Crippen LogP contribution is 2.15. The number of aryl methyl sites for hydroxylation is 1. The van der Waals surface area contributed by atoms with Gasteiger partial charge >= 0.3 is 0 Å². The van der Waals surface area contributed by atoms with Crippen LogP contribution in [0.15, 0.2) is 42.6 Å². The topological polar surface area (TPSA) is 45.2 Å². The lowest BCUT2D eigenvalue weighted by Crippen LogP contribution is -2.22. The van der Waals surface area contributed by atoms with Gasteiger partial charge in [0.2, 0.25) is 0 Å². The lowest BCUT2D eigenvalue weighted by molar-refractivity contribution is 0.102. The van der Waals surface area contributed by atoms with Gasteiger partial charge in [0, 0.05) is 18.7 Å². The summed E-state index contributed by atoms with van der Waals surface area (Å²) in [5.74, 6) is 0.430. The highest BCUT2D eigenvalue weighted by atomic mass is 16.1. The van der Waals surface area contributed by atoms with E-state index >= 15 is 0 Å². The molecule has 4 nitrogen and oxygen atoms in total. The summed E-state index contributed by atoms with van der Waals surface area (Å²) < 4.78 is 0. The smallest absolute Gasteiger partial charge is 0.256 e. The van der Waals surface area contributed by atoms with Crippen molar-refractivity contribution < 1.29 is 4.79 Å². The van der Waals surface area contributed by atoms with Crippen molar-refractivity contribution in [3.05, 3.63) is 53.7 Å². The number of carbonyl (C=O) groups is 1. The van der Waals surface area contributed by atoms with Crippen LogP contribution in [0.3, 0.4) is 0 Å². The third-order valence-electron chi connectivity index (χ3n) is 3.40. The van der Waals surface area contributed by atoms with Gasteiger partial charge < -0.3 is 10.2 Å². The normalized spacial score (nSPS) is 10.2. The molecule has 21 heavy (non-hydrogen) atoms. The third kappa shape index (κ3) is 3.81. The lowest BCUT2D eigenvalue weighted by atomic mass is 10.1. The molecule has 0 aliphatic rings. The van der Waals surface area contributed by atoms with Crippen molar-refractivity contribution in [2.75, 3.05) is 23.3 Å². The second kappa shape index (κ2) is 6.88. The van der Waals surface area contributed by atoms with Crippen molar-refractivity contribution in [1.82, 2.24) is 4.98 Å². The highest BCUT2D eigenvalue weighted by Gasteiger charge is 2.07. The average molecular weight is 283 g/mol. The molecule has 1 aromatic heterocycles. The van der Waals surface area contributed by atoms with Gasteiger partial charge in [0.1, 0.15) is 5.82 Å². The molecule has 0 saturated carbocycles. The summed E-state index contributed by atoms with van der Waals surface area (Å²) in [6.07, 6.45) is 1.79. The van der Waals surface area contributed by atoms with Gasteiger partial charge in [-0.25, -0.2) is 4.98 Å². The minimum absolute atomic E-state index is 0.137. The van der Waals surface area contributed by atoms with Crippen molar-refractivity contribution in [3.8, 4) is 0 Å². The second-order valence-corrected chi connectivity index (χ2v) is 4.90. The maximum atomic E-state index is 12.1. The average Bonchev–Trinajstić information content (AvgIpc) is 2.50. The zero-order valence-electron chi connectivity index (χ0n) is 12.8. The summed E-state index contributed by atoms with van der Waals surface area (Å²) in [5.41, 5.74) is 2.77. The summed E-state index contributed by atoms with van der Waals surface area (Å²) in [5, 5.41) is 2.82. The second-order valence-electron chi connectivity index (χ2n) is 4.90. The molecular formula is C17H21N3O. The van der Waals surface area contributed by atoms with E-state index in [0.717, 1.165) is 24.3 Å². The molecule has 0 saturated heterocycles. The molecule has 0 atom stereocenters. The van der Waals surface area contributed by atoms with Gasteiger partial charge in [0.15, 0.2) is 0 Å². The summed E-state index contributed by atoms with van der Waals surface area (Å²) >= 11 is 0. The van der Waals surface area contributed by atoms with E-state index in [2.05, 4.69) is 29.0 Å². The van der Waals surface area contributed by atoms with Gasteiger partial charge in [0.25, 0.3) is 5.91 Å². The number of pyridine rings is 1. The van der Waals surface area contributed by atoms with Crippen LogP contribution in [0, 0.1) is 6.92 Å². The Morgan fingerprint density at radius 1 is 1.19 bits per heavy atom. The Labute approximate surface area is 125 Å². The molecule has 0 fully saturated rings. The molecule has 110 valence electrons. The van der Waals surface area contributed by atoms with Crippen LogP contribution < -0.4 is 10.2 Å². The van der Waals surface area contributed by atoms with Crippen LogP contribution in [0.5, 0.6) is 0 Å². The summed E-state index contributed by atoms with van der Waals surface area (Å²) in [6, 6.07) is 11.3. The number of aromatic nitrogens is 1. The minimum Gasteiger partial charge on any atom is -0.371 e. The fourth-order valence-electron chi connectivity index (χ4n) is 2.21. The summed E-state index contributed by atoms with van der Waals surface area (Å²) in [4.78, 5) is 18.7. The van der Waals surface area contributed by atoms with E-state index in [0.29, 0.717) is 11.4 Å². The van der Waals surface area contributed by atoms with Gasteiger partial charge in [-0.05, 0) is 45.0 Å². The first-order chi connectivity index (χ1) is 10.1. The standard InChI is InChI=1S/C17H21N3O/c1-4-20(5-2)15-9-10-16(18-12-15)19-17(21)14-8-6-7-13(3)11-14/h6-12H,4-5H2,1-3H3,(H,18,19,21). The number of hydrogen-bond donors (Lipinski definition) is 1. The number of rotatable bonds is 5. The SMILES string of the molecule is CCN(CC)c1ccc(NC(=O)c2cccc(C)c2)nc1. The molecule has 0 aliphatic carbocycles. The van der Waals surface area contributed by atoms with Gasteiger partial charge in [-0.15, -0.1) is 0 Å². The molecule has 0 aliphatic heterocycles. The monoisotopic (exact) mass is 283 g/mol. The largest absolute Gasteiger partial charge is 0.371 e. The number of nitrogens with zero attached hydrogens (tertiary/aromatic N) is 2. The molecule has 0 spiro atoms.